The van der Waals surface area contributed by atoms with Crippen LogP contribution in [0.2, 0.25) is 0 Å². The van der Waals surface area contributed by atoms with E-state index in [0.29, 0.717) is 0 Å². The Kier molecular flexibility index (Phi) is 24.9. The van der Waals surface area contributed by atoms with E-state index in [1.54, 1.807) is 27.7 Å². The van der Waals surface area contributed by atoms with Gasteiger partial charge in [-0.3, -0.25) is 28.8 Å². The number of benzene rings is 2. The molecule has 15 rings (SSSR count). The summed E-state index contributed by atoms with van der Waals surface area (Å²) < 4.78 is 100. The molecule has 6 aliphatic carbocycles. The van der Waals surface area contributed by atoms with Crippen molar-refractivity contribution in [1.29, 1.82) is 0 Å². The second-order valence-corrected chi connectivity index (χ2v) is 35.7. The molecule has 17 N–H and O–H groups in total. The number of fused-ring (bicyclic) bond motifs is 6. The van der Waals surface area contributed by atoms with Gasteiger partial charge in [0, 0.05) is 55.2 Å². The van der Waals surface area contributed by atoms with Crippen LogP contribution in [0.5, 0.6) is 28.7 Å². The van der Waals surface area contributed by atoms with Crippen molar-refractivity contribution < 1.29 is 191 Å². The van der Waals surface area contributed by atoms with Crippen LogP contribution in [0.4, 0.5) is 0 Å². The van der Waals surface area contributed by atoms with Crippen LogP contribution in [0.25, 0.3) is 17.4 Å². The first kappa shape index (κ1) is 92.2. The number of hydrogen-bond donors (Lipinski definition) is 17. The molecule has 4 bridgehead atoms. The number of aliphatic hydroxyl groups excluding tert-OH is 9. The van der Waals surface area contributed by atoms with Crippen molar-refractivity contribution in [2.45, 2.75) is 352 Å². The average molecular weight is 1760 g/mol. The van der Waals surface area contributed by atoms with Gasteiger partial charge in [0.05, 0.1) is 158 Å². The Labute approximate surface area is 710 Å². The lowest BCUT2D eigenvalue weighted by Crippen LogP contribution is -2.81. The predicted octanol–water partition coefficient (Wildman–Crippen LogP) is -1.59. The Morgan fingerprint density at radius 2 is 0.992 bits per heavy atom. The van der Waals surface area contributed by atoms with E-state index in [4.69, 9.17) is 75.8 Å². The van der Waals surface area contributed by atoms with Gasteiger partial charge in [-0.25, -0.2) is 0 Å². The molecule has 39 nitrogen and oxygen atoms in total. The number of rotatable bonds is 21. The zero-order valence-electron chi connectivity index (χ0n) is 70.8. The first-order chi connectivity index (χ1) is 58.4. The first-order valence-corrected chi connectivity index (χ1v) is 42.5. The Morgan fingerprint density at radius 3 is 1.47 bits per heavy atom. The number of ether oxygens (including phenoxy) is 16. The zero-order chi connectivity index (χ0) is 90.2. The summed E-state index contributed by atoms with van der Waals surface area (Å²) in [5, 5.41) is 206. The van der Waals surface area contributed by atoms with Crippen LogP contribution in [0.3, 0.4) is 0 Å². The Hall–Kier alpha value is -6.50. The van der Waals surface area contributed by atoms with Crippen molar-refractivity contribution in [2.75, 3.05) is 21.3 Å². The number of ketones is 6. The van der Waals surface area contributed by atoms with E-state index < -0.39 is 362 Å². The Morgan fingerprint density at radius 1 is 0.500 bits per heavy atom. The average Bonchev–Trinajstić information content (AvgIpc) is 1.41. The van der Waals surface area contributed by atoms with Gasteiger partial charge in [0.2, 0.25) is 11.6 Å². The molecular weight excluding hydrogens is 1640 g/mol. The monoisotopic (exact) mass is 1760 g/mol. The number of hydrogen-bond acceptors (Lipinski definition) is 39. The molecule has 0 spiro atoms. The molecule has 7 aliphatic heterocycles. The van der Waals surface area contributed by atoms with E-state index in [0.717, 1.165) is 35.2 Å². The van der Waals surface area contributed by atoms with E-state index in [2.05, 4.69) is 0 Å². The van der Waals surface area contributed by atoms with Crippen molar-refractivity contribution in [3.63, 3.8) is 0 Å². The van der Waals surface area contributed by atoms with Crippen molar-refractivity contribution in [1.82, 2.24) is 0 Å². The fourth-order valence-corrected chi connectivity index (χ4v) is 22.4. The molecule has 10 fully saturated rings. The molecule has 13 aliphatic rings. The minimum absolute atomic E-state index is 0.0322. The van der Waals surface area contributed by atoms with E-state index >= 15 is 19.2 Å². The minimum atomic E-state index is -3.22. The number of carbonyl (C=O) groups excluding carboxylic acids is 6. The lowest BCUT2D eigenvalue weighted by atomic mass is 9.50. The SMILES string of the molecule is CCCC1(O)C(O[C@H]2CC[C@H](O[C@@H]3C[C@H](O)[C@](O)(C(C)=O)[C@@H](C)O3)[C@@H](C)O2)C(O)C(O[C@H]2C[C@@H](O)[C@@H](O)[C@H](C)O2)C2CC3C=c4c(OC)c(OC)c(=C5C(=O)c6c(O)c7c(c(O)c6C(O)=C5OC)C5OC6(CCC)C(O[C@H]8CC[C@H](O[C@@H]9C[C@H](O)[C@](O)(C(C)=O)[C@@H](C)O9)[C@@H](C)O8)C(O)C(OC8C[C@@H](O)[C@@H](O)[C@H](C)O8)C5C6(O)C7=O)c(O)c4C(=O)C3C(=O)C21O. The molecule has 39 heteroatoms. The third-order valence-corrected chi connectivity index (χ3v) is 28.8. The van der Waals surface area contributed by atoms with Gasteiger partial charge in [-0.05, 0) is 93.4 Å². The highest BCUT2D eigenvalue weighted by Crippen LogP contribution is 2.69. The van der Waals surface area contributed by atoms with Gasteiger partial charge < -0.3 is 163 Å². The zero-order valence-corrected chi connectivity index (χ0v) is 70.8. The highest BCUT2D eigenvalue weighted by molar-refractivity contribution is 6.35. The molecule has 2 aromatic carbocycles. The first-order valence-electron chi connectivity index (χ1n) is 42.5. The molecule has 0 radical (unpaired) electrons. The second-order valence-electron chi connectivity index (χ2n) is 35.7. The van der Waals surface area contributed by atoms with E-state index in [-0.39, 0.29) is 63.0 Å². The maximum Gasteiger partial charge on any atom is 0.202 e. The molecule has 7 heterocycles. The van der Waals surface area contributed by atoms with Crippen LogP contribution in [0.1, 0.15) is 201 Å². The third kappa shape index (κ3) is 13.7. The Bertz CT molecular complexity index is 4660. The number of Topliss-reactive ketones (excluding diaryl/α,β-unsaturated/α-hetero) is 6. The van der Waals surface area contributed by atoms with Crippen LogP contribution in [0, 0.1) is 23.7 Å². The number of phenols is 3. The third-order valence-electron chi connectivity index (χ3n) is 28.8. The summed E-state index contributed by atoms with van der Waals surface area (Å²) in [7, 11) is 3.09. The number of methoxy groups -OCH3 is 3. The Balaban J connectivity index is 0.798. The van der Waals surface area contributed by atoms with Gasteiger partial charge in [0.15, 0.2) is 106 Å². The summed E-state index contributed by atoms with van der Waals surface area (Å²) in [5.41, 5.74) is -21.6. The summed E-state index contributed by atoms with van der Waals surface area (Å²) in [6.45, 7) is 14.3. The number of aliphatic hydroxyl groups is 14. The number of aromatic hydroxyl groups is 3. The van der Waals surface area contributed by atoms with Crippen molar-refractivity contribution in [3.8, 4) is 28.7 Å². The fourth-order valence-electron chi connectivity index (χ4n) is 22.4. The van der Waals surface area contributed by atoms with E-state index in [1.165, 1.54) is 33.8 Å². The van der Waals surface area contributed by atoms with Crippen LogP contribution in [-0.4, -0.2) is 336 Å². The fraction of sp³-hybridized carbons (Fsp3) is 0.741. The summed E-state index contributed by atoms with van der Waals surface area (Å²) in [5.74, 6) is -21.1. The van der Waals surface area contributed by atoms with Gasteiger partial charge in [0.1, 0.15) is 65.1 Å². The highest BCUT2D eigenvalue weighted by Gasteiger charge is 2.82. The van der Waals surface area contributed by atoms with Crippen LogP contribution in [0.15, 0.2) is 5.76 Å². The minimum Gasteiger partial charge on any atom is -0.507 e. The van der Waals surface area contributed by atoms with Crippen LogP contribution in [-0.2, 0) is 80.7 Å². The predicted molar refractivity (Wildman–Crippen MR) is 414 cm³/mol. The normalized spacial score (nSPS) is 46.0. The van der Waals surface area contributed by atoms with Gasteiger partial charge >= 0.3 is 0 Å². The quantitative estimate of drug-likeness (QED) is 0.0381. The molecule has 0 aromatic heterocycles. The summed E-state index contributed by atoms with van der Waals surface area (Å²) >= 11 is 0. The standard InChI is InChI=1S/C85H114O39/c1-14-20-80(104)78(122-45-18-16-41(28(3)112-45)118-49-26-43(90)82(105,32(7)86)34(9)116-49)68(100)71(120-47-24-39(88)60(92)30(5)114-47)38-23-36-22-37-52(62(94)51(36)76(102)84(38,80)107)63(95)56(74(111-13)70(37)109-11)55-64(96)53-54(67(99)73(55)110-12)65(97)57-58(66(53)98)77(103)85(108)59-72(57)124-81(85,21-15-2)79(69(101)75(59)121-48-25-40(89)61(93)31(6)115-48)123-46-19-17-42(29(4)113-46)119-50-27-44(91)83(106,33(8)87)35(10)117-50/h22,28-31,34-36,38-51,59-61,68-69,71-72,75,78-79,88-93,95,97-101,104-108H,14-21,23-27H2,1-13H3/t28-,29-,30+,31+,34-,35-,36?,38?,39-,40-,41+,42+,43+,44+,45+,46+,47+,48?,49-,50-,51?,59?,60+,61+,68?,69?,71?,72?,75?,78?,79?,80?,81?,82+,83+,84?,85?/m1/s1. The largest absolute Gasteiger partial charge is 0.507 e. The molecule has 37 atom stereocenters. The number of carbonyl (C=O) groups is 6. The lowest BCUT2D eigenvalue weighted by Gasteiger charge is -2.62. The molecule has 3 saturated carbocycles. The summed E-state index contributed by atoms with van der Waals surface area (Å²) in [6.07, 6.45) is -40.2. The van der Waals surface area contributed by atoms with E-state index in [9.17, 15) is 96.4 Å². The van der Waals surface area contributed by atoms with Crippen molar-refractivity contribution >= 4 is 52.1 Å². The smallest absolute Gasteiger partial charge is 0.202 e. The maximum absolute atomic E-state index is 16.4. The van der Waals surface area contributed by atoms with Gasteiger partial charge in [-0.1, -0.05) is 32.8 Å². The van der Waals surface area contributed by atoms with Crippen LogP contribution >= 0.6 is 0 Å². The molecule has 7 saturated heterocycles. The summed E-state index contributed by atoms with van der Waals surface area (Å²) in [6, 6.07) is 0. The second kappa shape index (κ2) is 33.5. The molecule has 124 heavy (non-hydrogen) atoms. The van der Waals surface area contributed by atoms with E-state index in [1.807, 2.05) is 0 Å². The van der Waals surface area contributed by atoms with Gasteiger partial charge in [0.25, 0.3) is 0 Å². The molecule has 2 aromatic rings. The number of allylic oxidation sites excluding steroid dienone is 1. The molecule has 688 valence electrons. The lowest BCUT2D eigenvalue weighted by molar-refractivity contribution is -0.364. The molecule has 0 amide bonds. The highest BCUT2D eigenvalue weighted by atomic mass is 16.8. The van der Waals surface area contributed by atoms with Crippen LogP contribution < -0.4 is 19.9 Å². The molecule has 16 unspecified atom stereocenters. The topological polar surface area (TPSA) is 594 Å². The summed E-state index contributed by atoms with van der Waals surface area (Å²) in [4.78, 5) is 90.1. The van der Waals surface area contributed by atoms with Gasteiger partial charge in [-0.15, -0.1) is 0 Å². The van der Waals surface area contributed by atoms with Crippen molar-refractivity contribution in [2.24, 2.45) is 23.7 Å². The van der Waals surface area contributed by atoms with Gasteiger partial charge in [-0.2, -0.15) is 0 Å². The maximum atomic E-state index is 16.4. The molecular formula is C85H114O39. The van der Waals surface area contributed by atoms with Crippen molar-refractivity contribution in [3.05, 3.63) is 44.0 Å². The number of phenolic OH excluding ortho intramolecular Hbond substituents is 3.